The zero-order chi connectivity index (χ0) is 19.3. The zero-order valence-electron chi connectivity index (χ0n) is 13.4. The molecule has 0 aromatic heterocycles. The van der Waals surface area contributed by atoms with E-state index in [2.05, 4.69) is 0 Å². The molecule has 0 aliphatic rings. The lowest BCUT2D eigenvalue weighted by molar-refractivity contribution is -0.138. The van der Waals surface area contributed by atoms with E-state index in [0.717, 1.165) is 24.3 Å². The van der Waals surface area contributed by atoms with Crippen LogP contribution in [0.1, 0.15) is 47.4 Å². The van der Waals surface area contributed by atoms with Crippen LogP contribution in [-0.2, 0) is 12.4 Å². The molecule has 0 aliphatic carbocycles. The van der Waals surface area contributed by atoms with E-state index in [-0.39, 0.29) is 31.4 Å². The first-order valence-corrected chi connectivity index (χ1v) is 7.00. The molecule has 0 aliphatic heterocycles. The Labute approximate surface area is 159 Å². The molecule has 2 nitrogen and oxygen atoms in total. The van der Waals surface area contributed by atoms with Crippen molar-refractivity contribution < 1.29 is 43.5 Å². The minimum atomic E-state index is -4.38. The zero-order valence-corrected chi connectivity index (χ0v) is 14.2. The van der Waals surface area contributed by atoms with E-state index in [1.807, 2.05) is 0 Å². The van der Waals surface area contributed by atoms with Gasteiger partial charge in [0.25, 0.3) is 0 Å². The van der Waals surface area contributed by atoms with Crippen LogP contribution >= 0.6 is 0 Å². The summed E-state index contributed by atoms with van der Waals surface area (Å²) in [6, 6.07) is 8.94. The van der Waals surface area contributed by atoms with Crippen molar-refractivity contribution in [3.8, 4) is 0 Å². The number of carbonyl (C=O) groups is 1. The largest absolute Gasteiger partial charge is 1.00 e. The Morgan fingerprint density at radius 2 is 1.33 bits per heavy atom. The van der Waals surface area contributed by atoms with Crippen molar-refractivity contribution in [3.63, 3.8) is 0 Å². The number of aldehydes is 1. The van der Waals surface area contributed by atoms with Crippen LogP contribution in [0, 0.1) is 0 Å². The molecule has 2 aromatic rings. The molecule has 2 rings (SSSR count). The fourth-order valence-corrected chi connectivity index (χ4v) is 1.79. The predicted molar refractivity (Wildman–Crippen MR) is 87.6 cm³/mol. The van der Waals surface area contributed by atoms with Gasteiger partial charge in [-0.05, 0) is 36.8 Å². The van der Waals surface area contributed by atoms with Crippen molar-refractivity contribution in [2.75, 3.05) is 0 Å². The molecule has 0 radical (unpaired) electrons. The maximum Gasteiger partial charge on any atom is 0.416 e. The molecule has 1 atom stereocenters. The van der Waals surface area contributed by atoms with Crippen LogP contribution in [0.25, 0.3) is 0 Å². The second-order valence-electron chi connectivity index (χ2n) is 5.15. The number of nitrogens with two attached hydrogens (primary N) is 1. The van der Waals surface area contributed by atoms with E-state index in [4.69, 9.17) is 5.73 Å². The average Bonchev–Trinajstić information content (AvgIpc) is 2.54. The highest BCUT2D eigenvalue weighted by Crippen LogP contribution is 2.30. The molecule has 0 bridgehead atoms. The van der Waals surface area contributed by atoms with Crippen LogP contribution < -0.4 is 18.1 Å². The molecule has 0 saturated heterocycles. The third-order valence-corrected chi connectivity index (χ3v) is 3.09. The first-order chi connectivity index (χ1) is 11.4. The monoisotopic (exact) mass is 414 g/mol. The Balaban J connectivity index is 0. The summed E-state index contributed by atoms with van der Waals surface area (Å²) in [5.41, 5.74) is 4.54. The Hall–Kier alpha value is -2.06. The summed E-state index contributed by atoms with van der Waals surface area (Å²) < 4.78 is 72.5. The number of benzene rings is 2. The quantitative estimate of drug-likeness (QED) is 0.606. The molecule has 0 amide bonds. The first-order valence-electron chi connectivity index (χ1n) is 7.00. The van der Waals surface area contributed by atoms with Gasteiger partial charge in [-0.2, -0.15) is 26.3 Å². The summed E-state index contributed by atoms with van der Waals surface area (Å²) in [5.74, 6) is 0. The highest BCUT2D eigenvalue weighted by Gasteiger charge is 2.31. The van der Waals surface area contributed by atoms with Gasteiger partial charge in [-0.25, -0.2) is 0 Å². The minimum absolute atomic E-state index is 0. The second-order valence-corrected chi connectivity index (χ2v) is 5.15. The Morgan fingerprint density at radius 3 is 1.74 bits per heavy atom. The van der Waals surface area contributed by atoms with E-state index < -0.39 is 23.5 Å². The SMILES string of the molecule is C.C[C@H](N)c1cccc(C(F)(F)F)c1.O=Cc1cccc(C(F)(F)F)c1.[Cl-]. The van der Waals surface area contributed by atoms with Crippen LogP contribution in [0.15, 0.2) is 48.5 Å². The highest BCUT2D eigenvalue weighted by molar-refractivity contribution is 5.74. The lowest BCUT2D eigenvalue weighted by atomic mass is 10.1. The molecule has 0 fully saturated rings. The molecule has 27 heavy (non-hydrogen) atoms. The topological polar surface area (TPSA) is 43.1 Å². The smallest absolute Gasteiger partial charge is 0.416 e. The van der Waals surface area contributed by atoms with E-state index in [0.29, 0.717) is 11.8 Å². The number of rotatable bonds is 2. The van der Waals surface area contributed by atoms with Crippen molar-refractivity contribution in [1.29, 1.82) is 0 Å². The third-order valence-electron chi connectivity index (χ3n) is 3.09. The molecule has 2 aromatic carbocycles. The Morgan fingerprint density at radius 1 is 0.889 bits per heavy atom. The van der Waals surface area contributed by atoms with E-state index in [1.165, 1.54) is 18.2 Å². The molecule has 2 N–H and O–H groups in total. The van der Waals surface area contributed by atoms with Crippen LogP contribution in [0.5, 0.6) is 0 Å². The van der Waals surface area contributed by atoms with Crippen molar-refractivity contribution in [1.82, 2.24) is 0 Å². The second kappa shape index (κ2) is 10.9. The number of halogens is 7. The maximum absolute atomic E-state index is 12.2. The molecular formula is C18H19ClF6NO-. The minimum Gasteiger partial charge on any atom is -1.00 e. The van der Waals surface area contributed by atoms with Gasteiger partial charge >= 0.3 is 12.4 Å². The molecule has 0 unspecified atom stereocenters. The summed E-state index contributed by atoms with van der Waals surface area (Å²) >= 11 is 0. The van der Waals surface area contributed by atoms with E-state index >= 15 is 0 Å². The summed E-state index contributed by atoms with van der Waals surface area (Å²) in [5, 5.41) is 0. The molecule has 0 heterocycles. The summed E-state index contributed by atoms with van der Waals surface area (Å²) in [6.45, 7) is 1.65. The van der Waals surface area contributed by atoms with Crippen molar-refractivity contribution in [2.24, 2.45) is 5.73 Å². The Bertz CT molecular complexity index is 713. The van der Waals surface area contributed by atoms with Gasteiger partial charge in [0.1, 0.15) is 6.29 Å². The summed E-state index contributed by atoms with van der Waals surface area (Å²) in [6.07, 6.45) is -8.28. The standard InChI is InChI=1S/C9H10F3N.C8H5F3O.CH4.ClH/c1-6(13)7-3-2-4-8(5-7)9(10,11)12;9-8(10,11)7-3-1-2-6(4-7)5-12;;/h2-6H,13H2,1H3;1-5H;1H4;1H/p-1/t6-;;;/m0.../s1. The molecule has 152 valence electrons. The fraction of sp³-hybridized carbons (Fsp3) is 0.278. The van der Waals surface area contributed by atoms with Crippen LogP contribution in [0.3, 0.4) is 0 Å². The Kier molecular flexibility index (Phi) is 11.0. The maximum atomic E-state index is 12.2. The van der Waals surface area contributed by atoms with Crippen molar-refractivity contribution >= 4 is 6.29 Å². The van der Waals surface area contributed by atoms with Crippen LogP contribution in [0.2, 0.25) is 0 Å². The molecule has 9 heteroatoms. The van der Waals surface area contributed by atoms with Gasteiger partial charge in [0.15, 0.2) is 0 Å². The van der Waals surface area contributed by atoms with Gasteiger partial charge in [-0.1, -0.05) is 31.7 Å². The normalized spacial score (nSPS) is 11.9. The predicted octanol–water partition coefficient (Wildman–Crippen LogP) is 2.88. The first kappa shape index (κ1) is 27.2. The van der Waals surface area contributed by atoms with Gasteiger partial charge < -0.3 is 18.1 Å². The fourth-order valence-electron chi connectivity index (χ4n) is 1.79. The highest BCUT2D eigenvalue weighted by atomic mass is 35.5. The molecule has 0 saturated carbocycles. The van der Waals surface area contributed by atoms with Crippen LogP contribution in [0.4, 0.5) is 26.3 Å². The number of alkyl halides is 6. The van der Waals surface area contributed by atoms with Crippen molar-refractivity contribution in [3.05, 3.63) is 70.8 Å². The number of carbonyl (C=O) groups excluding carboxylic acids is 1. The molecule has 0 spiro atoms. The number of hydrogen-bond acceptors (Lipinski definition) is 2. The average molecular weight is 415 g/mol. The third kappa shape index (κ3) is 8.92. The lowest BCUT2D eigenvalue weighted by Crippen LogP contribution is -3.00. The van der Waals surface area contributed by atoms with E-state index in [9.17, 15) is 31.1 Å². The van der Waals surface area contributed by atoms with Crippen molar-refractivity contribution in [2.45, 2.75) is 32.7 Å². The lowest BCUT2D eigenvalue weighted by Gasteiger charge is -2.10. The number of hydrogen-bond donors (Lipinski definition) is 1. The summed E-state index contributed by atoms with van der Waals surface area (Å²) in [7, 11) is 0. The van der Waals surface area contributed by atoms with Gasteiger partial charge in [-0.15, -0.1) is 0 Å². The summed E-state index contributed by atoms with van der Waals surface area (Å²) in [4.78, 5) is 10.1. The van der Waals surface area contributed by atoms with Gasteiger partial charge in [0.2, 0.25) is 0 Å². The van der Waals surface area contributed by atoms with Gasteiger partial charge in [-0.3, -0.25) is 4.79 Å². The van der Waals surface area contributed by atoms with Gasteiger partial charge in [0, 0.05) is 11.6 Å². The van der Waals surface area contributed by atoms with Crippen LogP contribution in [-0.4, -0.2) is 6.29 Å². The molecular weight excluding hydrogens is 396 g/mol. The van der Waals surface area contributed by atoms with E-state index in [1.54, 1.807) is 13.0 Å². The van der Waals surface area contributed by atoms with Gasteiger partial charge in [0.05, 0.1) is 11.1 Å².